The third-order valence-electron chi connectivity index (χ3n) is 1.09. The fourth-order valence-corrected chi connectivity index (χ4v) is 0.631. The molecule has 3 nitrogen and oxygen atoms in total. The lowest BCUT2D eigenvalue weighted by molar-refractivity contribution is -0.106. The van der Waals surface area contributed by atoms with Crippen molar-refractivity contribution in [1.82, 2.24) is 4.98 Å². The van der Waals surface area contributed by atoms with Gasteiger partial charge in [0.2, 0.25) is 0 Å². The van der Waals surface area contributed by atoms with Crippen LogP contribution in [-0.4, -0.2) is 17.5 Å². The minimum Gasteiger partial charge on any atom is -0.303 e. The summed E-state index contributed by atoms with van der Waals surface area (Å²) in [5, 5.41) is 0. The molecule has 1 rings (SSSR count). The van der Waals surface area contributed by atoms with E-state index in [1.165, 1.54) is 0 Å². The largest absolute Gasteiger partial charge is 0.303 e. The van der Waals surface area contributed by atoms with Crippen molar-refractivity contribution in [3.63, 3.8) is 0 Å². The maximum absolute atomic E-state index is 9.89. The number of aliphatic imine (C=N–C) groups is 1. The Bertz CT molecular complexity index is 244. The van der Waals surface area contributed by atoms with Crippen LogP contribution < -0.4 is 0 Å². The highest BCUT2D eigenvalue weighted by Crippen LogP contribution is 2.05. The van der Waals surface area contributed by atoms with Crippen LogP contribution in [0.4, 0.5) is 5.69 Å². The van der Waals surface area contributed by atoms with Crippen molar-refractivity contribution in [3.8, 4) is 0 Å². The van der Waals surface area contributed by atoms with Gasteiger partial charge in [0.25, 0.3) is 0 Å². The lowest BCUT2D eigenvalue weighted by atomic mass is 10.4. The number of aromatic nitrogens is 1. The molecular weight excluding hydrogens is 140 g/mol. The molecular formula is C8H8N2O. The van der Waals surface area contributed by atoms with Gasteiger partial charge in [0, 0.05) is 18.8 Å². The molecule has 11 heavy (non-hydrogen) atoms. The number of hydrogen-bond donors (Lipinski definition) is 0. The molecule has 1 aromatic heterocycles. The average Bonchev–Trinajstić information content (AvgIpc) is 2.07. The lowest BCUT2D eigenvalue weighted by Crippen LogP contribution is -1.75. The number of carbonyl (C=O) groups is 1. The van der Waals surface area contributed by atoms with Crippen molar-refractivity contribution in [2.24, 2.45) is 4.99 Å². The van der Waals surface area contributed by atoms with E-state index in [9.17, 15) is 4.79 Å². The average molecular weight is 148 g/mol. The molecule has 3 heteroatoms. The van der Waals surface area contributed by atoms with Crippen LogP contribution in [0.5, 0.6) is 0 Å². The van der Waals surface area contributed by atoms with Crippen LogP contribution in [0.25, 0.3) is 0 Å². The molecule has 0 atom stereocenters. The minimum absolute atomic E-state index is 0.356. The van der Waals surface area contributed by atoms with E-state index in [-0.39, 0.29) is 0 Å². The molecule has 0 amide bonds. The highest BCUT2D eigenvalue weighted by atomic mass is 16.1. The normalized spacial score (nSPS) is 10.2. The van der Waals surface area contributed by atoms with Crippen molar-refractivity contribution in [2.75, 3.05) is 0 Å². The molecule has 0 unspecified atom stereocenters. The molecule has 0 aliphatic heterocycles. The van der Waals surface area contributed by atoms with Gasteiger partial charge in [-0.05, 0) is 12.1 Å². The molecule has 0 aliphatic rings. The Balaban J connectivity index is 2.57. The quantitative estimate of drug-likeness (QED) is 0.480. The standard InChI is InChI=1S/C8H8N2O/c11-6-2-5-10-8-3-1-4-9-7-8/h1,3-7H,2H2. The molecule has 0 N–H and O–H groups in total. The summed E-state index contributed by atoms with van der Waals surface area (Å²) in [4.78, 5) is 17.7. The van der Waals surface area contributed by atoms with Gasteiger partial charge in [-0.3, -0.25) is 9.98 Å². The van der Waals surface area contributed by atoms with Crippen LogP contribution in [0.3, 0.4) is 0 Å². The SMILES string of the molecule is O=CCC=Nc1cccnc1. The number of nitrogens with zero attached hydrogens (tertiary/aromatic N) is 2. The van der Waals surface area contributed by atoms with E-state index in [4.69, 9.17) is 0 Å². The van der Waals surface area contributed by atoms with E-state index < -0.39 is 0 Å². The van der Waals surface area contributed by atoms with E-state index in [1.807, 2.05) is 6.07 Å². The highest BCUT2D eigenvalue weighted by molar-refractivity contribution is 5.77. The van der Waals surface area contributed by atoms with Crippen LogP contribution in [0, 0.1) is 0 Å². The Morgan fingerprint density at radius 3 is 3.18 bits per heavy atom. The molecule has 0 bridgehead atoms. The summed E-state index contributed by atoms with van der Waals surface area (Å²) < 4.78 is 0. The Hall–Kier alpha value is -1.51. The minimum atomic E-state index is 0.356. The van der Waals surface area contributed by atoms with Gasteiger partial charge in [0.05, 0.1) is 11.9 Å². The van der Waals surface area contributed by atoms with Crippen LogP contribution in [0.1, 0.15) is 6.42 Å². The van der Waals surface area contributed by atoms with E-state index in [2.05, 4.69) is 9.98 Å². The highest BCUT2D eigenvalue weighted by Gasteiger charge is 1.82. The molecule has 0 radical (unpaired) electrons. The second-order valence-corrected chi connectivity index (χ2v) is 1.93. The Morgan fingerprint density at radius 1 is 1.64 bits per heavy atom. The summed E-state index contributed by atoms with van der Waals surface area (Å²) in [5.74, 6) is 0. The monoisotopic (exact) mass is 148 g/mol. The topological polar surface area (TPSA) is 42.3 Å². The zero-order chi connectivity index (χ0) is 7.94. The Kier molecular flexibility index (Phi) is 2.99. The first kappa shape index (κ1) is 7.60. The maximum Gasteiger partial charge on any atom is 0.125 e. The second-order valence-electron chi connectivity index (χ2n) is 1.93. The number of rotatable bonds is 3. The van der Waals surface area contributed by atoms with E-state index in [1.54, 1.807) is 24.7 Å². The summed E-state index contributed by atoms with van der Waals surface area (Å²) >= 11 is 0. The zero-order valence-electron chi connectivity index (χ0n) is 5.97. The smallest absolute Gasteiger partial charge is 0.125 e. The summed E-state index contributed by atoms with van der Waals surface area (Å²) in [6, 6.07) is 3.63. The molecule has 56 valence electrons. The van der Waals surface area contributed by atoms with E-state index in [0.29, 0.717) is 6.42 Å². The first-order valence-corrected chi connectivity index (χ1v) is 3.29. The summed E-state index contributed by atoms with van der Waals surface area (Å²) in [6.45, 7) is 0. The predicted octanol–water partition coefficient (Wildman–Crippen LogP) is 1.37. The van der Waals surface area contributed by atoms with Crippen molar-refractivity contribution in [2.45, 2.75) is 6.42 Å². The van der Waals surface area contributed by atoms with E-state index >= 15 is 0 Å². The van der Waals surface area contributed by atoms with Gasteiger partial charge in [-0.25, -0.2) is 0 Å². The number of aldehydes is 1. The van der Waals surface area contributed by atoms with Gasteiger partial charge in [-0.1, -0.05) is 0 Å². The summed E-state index contributed by atoms with van der Waals surface area (Å²) in [6.07, 6.45) is 6.04. The van der Waals surface area contributed by atoms with Crippen LogP contribution in [-0.2, 0) is 4.79 Å². The summed E-state index contributed by atoms with van der Waals surface area (Å²) in [5.41, 5.74) is 0.773. The van der Waals surface area contributed by atoms with Gasteiger partial charge in [-0.2, -0.15) is 0 Å². The number of carbonyl (C=O) groups excluding carboxylic acids is 1. The number of hydrogen-bond acceptors (Lipinski definition) is 3. The van der Waals surface area contributed by atoms with Crippen molar-refractivity contribution >= 4 is 18.2 Å². The molecule has 1 heterocycles. The van der Waals surface area contributed by atoms with Crippen molar-refractivity contribution in [1.29, 1.82) is 0 Å². The van der Waals surface area contributed by atoms with E-state index in [0.717, 1.165) is 12.0 Å². The first-order valence-electron chi connectivity index (χ1n) is 3.29. The maximum atomic E-state index is 9.89. The van der Waals surface area contributed by atoms with Gasteiger partial charge < -0.3 is 4.79 Å². The number of pyridine rings is 1. The molecule has 0 fully saturated rings. The molecule has 0 saturated carbocycles. The van der Waals surface area contributed by atoms with Crippen LogP contribution in [0.15, 0.2) is 29.5 Å². The van der Waals surface area contributed by atoms with Gasteiger partial charge >= 0.3 is 0 Å². The Labute approximate surface area is 64.8 Å². The van der Waals surface area contributed by atoms with Gasteiger partial charge in [0.15, 0.2) is 0 Å². The van der Waals surface area contributed by atoms with Crippen molar-refractivity contribution < 1.29 is 4.79 Å². The van der Waals surface area contributed by atoms with Crippen LogP contribution in [0.2, 0.25) is 0 Å². The lowest BCUT2D eigenvalue weighted by Gasteiger charge is -1.87. The Morgan fingerprint density at radius 2 is 2.55 bits per heavy atom. The third kappa shape index (κ3) is 2.71. The second kappa shape index (κ2) is 4.33. The molecule has 0 aliphatic carbocycles. The fourth-order valence-electron chi connectivity index (χ4n) is 0.631. The zero-order valence-corrected chi connectivity index (χ0v) is 5.97. The third-order valence-corrected chi connectivity index (χ3v) is 1.09. The van der Waals surface area contributed by atoms with Crippen LogP contribution >= 0.6 is 0 Å². The molecule has 0 aromatic carbocycles. The van der Waals surface area contributed by atoms with Crippen molar-refractivity contribution in [3.05, 3.63) is 24.5 Å². The van der Waals surface area contributed by atoms with Gasteiger partial charge in [-0.15, -0.1) is 0 Å². The van der Waals surface area contributed by atoms with Gasteiger partial charge in [0.1, 0.15) is 6.29 Å². The summed E-state index contributed by atoms with van der Waals surface area (Å²) in [7, 11) is 0. The fraction of sp³-hybridized carbons (Fsp3) is 0.125. The molecule has 1 aromatic rings. The predicted molar refractivity (Wildman–Crippen MR) is 43.1 cm³/mol. The molecule has 0 saturated heterocycles. The molecule has 0 spiro atoms. The first-order chi connectivity index (χ1) is 5.43.